The van der Waals surface area contributed by atoms with Crippen LogP contribution in [0.5, 0.6) is 5.75 Å². The van der Waals surface area contributed by atoms with Crippen molar-refractivity contribution in [1.29, 1.82) is 0 Å². The summed E-state index contributed by atoms with van der Waals surface area (Å²) in [6, 6.07) is 5.65. The molecule has 1 aromatic carbocycles. The molecule has 0 aromatic heterocycles. The molecule has 0 bridgehead atoms. The Morgan fingerprint density at radius 3 is 2.33 bits per heavy atom. The van der Waals surface area contributed by atoms with Crippen molar-refractivity contribution in [3.63, 3.8) is 0 Å². The first-order valence-electron chi connectivity index (χ1n) is 6.24. The van der Waals surface area contributed by atoms with Crippen molar-refractivity contribution < 1.29 is 9.16 Å². The molecule has 102 valence electrons. The normalized spacial score (nSPS) is 12.6. The number of benzene rings is 1. The van der Waals surface area contributed by atoms with Crippen LogP contribution in [0.15, 0.2) is 18.2 Å². The van der Waals surface area contributed by atoms with Gasteiger partial charge < -0.3 is 14.9 Å². The van der Waals surface area contributed by atoms with Crippen molar-refractivity contribution in [1.82, 2.24) is 0 Å². The van der Waals surface area contributed by atoms with Gasteiger partial charge in [0.1, 0.15) is 5.75 Å². The van der Waals surface area contributed by atoms with Crippen molar-refractivity contribution in [3.05, 3.63) is 23.8 Å². The monoisotopic (exact) mass is 267 g/mol. The van der Waals surface area contributed by atoms with Crippen LogP contribution in [0.4, 0.5) is 5.69 Å². The molecule has 18 heavy (non-hydrogen) atoms. The molecule has 0 radical (unpaired) electrons. The van der Waals surface area contributed by atoms with Crippen LogP contribution < -0.4 is 10.5 Å². The third-order valence-corrected chi connectivity index (χ3v) is 8.18. The average molecular weight is 267 g/mol. The van der Waals surface area contributed by atoms with E-state index in [2.05, 4.69) is 33.9 Å². The number of anilines is 1. The molecule has 0 aliphatic heterocycles. The molecule has 3 nitrogen and oxygen atoms in total. The van der Waals surface area contributed by atoms with Crippen LogP contribution in [0.2, 0.25) is 18.1 Å². The van der Waals surface area contributed by atoms with Gasteiger partial charge in [-0.25, -0.2) is 0 Å². The van der Waals surface area contributed by atoms with Gasteiger partial charge in [-0.05, 0) is 36.3 Å². The van der Waals surface area contributed by atoms with Crippen molar-refractivity contribution in [2.75, 3.05) is 12.8 Å². The molecule has 2 N–H and O–H groups in total. The quantitative estimate of drug-likeness (QED) is 0.666. The summed E-state index contributed by atoms with van der Waals surface area (Å²) in [7, 11) is -0.0691. The van der Waals surface area contributed by atoms with Gasteiger partial charge in [-0.15, -0.1) is 0 Å². The molecule has 0 unspecified atom stereocenters. The Morgan fingerprint density at radius 2 is 1.83 bits per heavy atom. The maximum absolute atomic E-state index is 6.18. The van der Waals surface area contributed by atoms with Gasteiger partial charge in [-0.2, -0.15) is 0 Å². The number of ether oxygens (including phenoxy) is 1. The lowest BCUT2D eigenvalue weighted by molar-refractivity contribution is 0.269. The van der Waals surface area contributed by atoms with E-state index < -0.39 is 8.32 Å². The number of hydrogen-bond donors (Lipinski definition) is 1. The van der Waals surface area contributed by atoms with Gasteiger partial charge in [-0.3, -0.25) is 0 Å². The van der Waals surface area contributed by atoms with Crippen molar-refractivity contribution in [2.24, 2.45) is 0 Å². The molecule has 1 aromatic rings. The molecule has 0 spiro atoms. The molecule has 0 amide bonds. The highest BCUT2D eigenvalue weighted by molar-refractivity contribution is 6.74. The molecule has 4 heteroatoms. The highest BCUT2D eigenvalue weighted by atomic mass is 28.4. The molecule has 0 heterocycles. The molecule has 0 atom stereocenters. The molecule has 0 aliphatic carbocycles. The number of methoxy groups -OCH3 is 1. The van der Waals surface area contributed by atoms with Crippen LogP contribution in [0.1, 0.15) is 26.3 Å². The fourth-order valence-electron chi connectivity index (χ4n) is 1.39. The predicted octanol–water partition coefficient (Wildman–Crippen LogP) is 3.80. The molecular weight excluding hydrogens is 242 g/mol. The summed E-state index contributed by atoms with van der Waals surface area (Å²) in [5.74, 6) is 0.836. The van der Waals surface area contributed by atoms with Crippen molar-refractivity contribution >= 4 is 14.0 Å². The molecule has 1 rings (SSSR count). The van der Waals surface area contributed by atoms with Gasteiger partial charge in [0, 0.05) is 11.3 Å². The van der Waals surface area contributed by atoms with E-state index in [1.54, 1.807) is 7.11 Å². The maximum atomic E-state index is 6.18. The van der Waals surface area contributed by atoms with Crippen LogP contribution in [-0.4, -0.2) is 15.4 Å². The molecule has 0 fully saturated rings. The lowest BCUT2D eigenvalue weighted by atomic mass is 10.2. The summed E-state index contributed by atoms with van der Waals surface area (Å²) in [4.78, 5) is 0. The second-order valence-electron chi connectivity index (χ2n) is 6.12. The van der Waals surface area contributed by atoms with Crippen LogP contribution in [0.25, 0.3) is 0 Å². The van der Waals surface area contributed by atoms with Crippen LogP contribution in [-0.2, 0) is 11.0 Å². The van der Waals surface area contributed by atoms with Gasteiger partial charge in [0.2, 0.25) is 0 Å². The lowest BCUT2D eigenvalue weighted by Crippen LogP contribution is -2.40. The third-order valence-electron chi connectivity index (χ3n) is 3.70. The second kappa shape index (κ2) is 5.32. The Labute approximate surface area is 111 Å². The topological polar surface area (TPSA) is 44.5 Å². The van der Waals surface area contributed by atoms with E-state index in [1.807, 2.05) is 18.2 Å². The second-order valence-corrected chi connectivity index (χ2v) is 10.9. The Kier molecular flexibility index (Phi) is 4.45. The predicted molar refractivity (Wildman–Crippen MR) is 79.4 cm³/mol. The van der Waals surface area contributed by atoms with Gasteiger partial charge >= 0.3 is 0 Å². The zero-order valence-electron chi connectivity index (χ0n) is 12.3. The zero-order chi connectivity index (χ0) is 14.0. The maximum Gasteiger partial charge on any atom is 0.192 e. The Bertz CT molecular complexity index is 411. The van der Waals surface area contributed by atoms with Crippen molar-refractivity contribution in [3.8, 4) is 5.75 Å². The third kappa shape index (κ3) is 3.49. The van der Waals surface area contributed by atoms with E-state index in [1.165, 1.54) is 0 Å². The summed E-state index contributed by atoms with van der Waals surface area (Å²) in [5.41, 5.74) is 7.56. The summed E-state index contributed by atoms with van der Waals surface area (Å²) in [6.45, 7) is 11.7. The molecular formula is C14H25NO2Si. The Balaban J connectivity index is 2.83. The minimum absolute atomic E-state index is 0.209. The fraction of sp³-hybridized carbons (Fsp3) is 0.571. The minimum Gasteiger partial charge on any atom is -0.496 e. The number of nitrogens with two attached hydrogens (primary N) is 1. The Hall–Kier alpha value is -1.00. The van der Waals surface area contributed by atoms with Crippen LogP contribution >= 0.6 is 0 Å². The highest BCUT2D eigenvalue weighted by Crippen LogP contribution is 2.37. The van der Waals surface area contributed by atoms with E-state index in [4.69, 9.17) is 14.9 Å². The number of hydrogen-bond acceptors (Lipinski definition) is 3. The van der Waals surface area contributed by atoms with E-state index in [9.17, 15) is 0 Å². The summed E-state index contributed by atoms with van der Waals surface area (Å²) in [6.07, 6.45) is 0. The fourth-order valence-corrected chi connectivity index (χ4v) is 2.34. The Morgan fingerprint density at radius 1 is 1.22 bits per heavy atom. The molecule has 0 saturated heterocycles. The zero-order valence-corrected chi connectivity index (χ0v) is 13.3. The summed E-state index contributed by atoms with van der Waals surface area (Å²) >= 11 is 0. The van der Waals surface area contributed by atoms with Gasteiger partial charge in [0.15, 0.2) is 8.32 Å². The number of rotatable bonds is 4. The van der Waals surface area contributed by atoms with E-state index in [0.29, 0.717) is 6.61 Å². The van der Waals surface area contributed by atoms with E-state index in [-0.39, 0.29) is 5.04 Å². The van der Waals surface area contributed by atoms with Gasteiger partial charge in [0.25, 0.3) is 0 Å². The molecule has 0 aliphatic rings. The van der Waals surface area contributed by atoms with E-state index >= 15 is 0 Å². The van der Waals surface area contributed by atoms with Gasteiger partial charge in [0.05, 0.1) is 13.7 Å². The summed E-state index contributed by atoms with van der Waals surface area (Å²) in [5, 5.41) is 0.209. The highest BCUT2D eigenvalue weighted by Gasteiger charge is 2.37. The number of nitrogen functional groups attached to an aromatic ring is 1. The first-order valence-corrected chi connectivity index (χ1v) is 9.14. The minimum atomic E-state index is -1.74. The van der Waals surface area contributed by atoms with Crippen LogP contribution in [0.3, 0.4) is 0 Å². The lowest BCUT2D eigenvalue weighted by Gasteiger charge is -2.36. The first-order chi connectivity index (χ1) is 8.17. The van der Waals surface area contributed by atoms with Crippen molar-refractivity contribution in [2.45, 2.75) is 45.5 Å². The largest absolute Gasteiger partial charge is 0.496 e. The van der Waals surface area contributed by atoms with Gasteiger partial charge in [-0.1, -0.05) is 20.8 Å². The SMILES string of the molecule is COc1ccc(N)cc1CO[Si](C)(C)C(C)(C)C. The molecule has 0 saturated carbocycles. The van der Waals surface area contributed by atoms with E-state index in [0.717, 1.165) is 17.0 Å². The van der Waals surface area contributed by atoms with Crippen LogP contribution in [0, 0.1) is 0 Å². The smallest absolute Gasteiger partial charge is 0.192 e. The summed E-state index contributed by atoms with van der Waals surface area (Å²) < 4.78 is 11.5. The average Bonchev–Trinajstić information content (AvgIpc) is 2.25. The standard InChI is InChI=1S/C14H25NO2Si/c1-14(2,3)18(5,6)17-10-11-9-12(15)7-8-13(11)16-4/h7-9H,10,15H2,1-6H3. The first kappa shape index (κ1) is 15.1.